The van der Waals surface area contributed by atoms with Gasteiger partial charge < -0.3 is 24.6 Å². The minimum Gasteiger partial charge on any atom is -0.493 e. The third-order valence-electron chi connectivity index (χ3n) is 4.58. The van der Waals surface area contributed by atoms with Crippen LogP contribution in [0.4, 0.5) is 0 Å². The molecule has 0 bridgehead atoms. The molecule has 0 aliphatic heterocycles. The Hall–Kier alpha value is -3.91. The molecule has 0 radical (unpaired) electrons. The van der Waals surface area contributed by atoms with Gasteiger partial charge in [-0.1, -0.05) is 42.5 Å². The van der Waals surface area contributed by atoms with E-state index in [0.29, 0.717) is 6.61 Å². The number of nitrogens with zero attached hydrogens (tertiary/aromatic N) is 2. The van der Waals surface area contributed by atoms with Crippen molar-refractivity contribution in [2.45, 2.75) is 19.6 Å². The SMILES string of the molecule is COc1cc(CN(C)CCc2ccccn2)ccc1OCc1ccccc1.O=C(O)C(=O)O. The highest BCUT2D eigenvalue weighted by molar-refractivity contribution is 6.27. The first-order chi connectivity index (χ1) is 15.9. The smallest absolute Gasteiger partial charge is 0.414 e. The molecular weight excluding hydrogens is 424 g/mol. The van der Waals surface area contributed by atoms with Crippen molar-refractivity contribution in [3.8, 4) is 11.5 Å². The average Bonchev–Trinajstić information content (AvgIpc) is 2.83. The van der Waals surface area contributed by atoms with E-state index in [1.807, 2.05) is 42.6 Å². The van der Waals surface area contributed by atoms with Crippen LogP contribution >= 0.6 is 0 Å². The van der Waals surface area contributed by atoms with Crippen molar-refractivity contribution in [2.75, 3.05) is 20.7 Å². The fourth-order valence-electron chi connectivity index (χ4n) is 2.91. The maximum absolute atomic E-state index is 9.10. The molecule has 33 heavy (non-hydrogen) atoms. The fourth-order valence-corrected chi connectivity index (χ4v) is 2.91. The second kappa shape index (κ2) is 13.5. The molecule has 0 aliphatic carbocycles. The summed E-state index contributed by atoms with van der Waals surface area (Å²) in [7, 11) is 3.80. The van der Waals surface area contributed by atoms with Gasteiger partial charge in [0.15, 0.2) is 11.5 Å². The van der Waals surface area contributed by atoms with E-state index in [1.165, 1.54) is 5.56 Å². The van der Waals surface area contributed by atoms with Crippen LogP contribution in [0.3, 0.4) is 0 Å². The zero-order valence-electron chi connectivity index (χ0n) is 18.7. The van der Waals surface area contributed by atoms with Crippen molar-refractivity contribution < 1.29 is 29.3 Å². The number of hydrogen-bond acceptors (Lipinski definition) is 6. The molecule has 2 N–H and O–H groups in total. The Labute approximate surface area is 193 Å². The van der Waals surface area contributed by atoms with Crippen LogP contribution in [0.5, 0.6) is 11.5 Å². The standard InChI is InChI=1S/C23H26N2O2.C2H2O4/c1-25(15-13-21-10-6-7-14-24-21)17-20-11-12-22(23(16-20)26-2)27-18-19-8-4-3-5-9-19;3-1(4)2(5)6/h3-12,14,16H,13,15,17-18H2,1-2H3;(H,3,4)(H,5,6). The van der Waals surface area contributed by atoms with E-state index >= 15 is 0 Å². The Morgan fingerprint density at radius 1 is 0.909 bits per heavy atom. The first kappa shape index (κ1) is 25.4. The first-order valence-electron chi connectivity index (χ1n) is 10.3. The van der Waals surface area contributed by atoms with E-state index in [1.54, 1.807) is 7.11 Å². The normalized spacial score (nSPS) is 10.2. The van der Waals surface area contributed by atoms with Crippen molar-refractivity contribution >= 4 is 11.9 Å². The maximum atomic E-state index is 9.10. The van der Waals surface area contributed by atoms with Gasteiger partial charge in [-0.2, -0.15) is 0 Å². The van der Waals surface area contributed by atoms with Gasteiger partial charge in [-0.3, -0.25) is 4.98 Å². The van der Waals surface area contributed by atoms with Crippen LogP contribution < -0.4 is 9.47 Å². The maximum Gasteiger partial charge on any atom is 0.414 e. The number of rotatable bonds is 9. The van der Waals surface area contributed by atoms with Crippen LogP contribution in [0.15, 0.2) is 72.9 Å². The zero-order valence-corrected chi connectivity index (χ0v) is 18.7. The van der Waals surface area contributed by atoms with Crippen molar-refractivity contribution in [3.63, 3.8) is 0 Å². The summed E-state index contributed by atoms with van der Waals surface area (Å²) < 4.78 is 11.5. The van der Waals surface area contributed by atoms with Gasteiger partial charge in [0.2, 0.25) is 0 Å². The summed E-state index contributed by atoms with van der Waals surface area (Å²) in [4.78, 5) is 24.9. The van der Waals surface area contributed by atoms with Gasteiger partial charge >= 0.3 is 11.9 Å². The largest absolute Gasteiger partial charge is 0.493 e. The number of benzene rings is 2. The van der Waals surface area contributed by atoms with Crippen LogP contribution in [0.1, 0.15) is 16.8 Å². The number of likely N-dealkylation sites (N-methyl/N-ethyl adjacent to an activating group) is 1. The van der Waals surface area contributed by atoms with Crippen LogP contribution in [0, 0.1) is 0 Å². The summed E-state index contributed by atoms with van der Waals surface area (Å²) in [6.07, 6.45) is 2.78. The number of hydrogen-bond donors (Lipinski definition) is 2. The van der Waals surface area contributed by atoms with E-state index in [2.05, 4.69) is 47.3 Å². The van der Waals surface area contributed by atoms with Gasteiger partial charge in [0.1, 0.15) is 6.61 Å². The highest BCUT2D eigenvalue weighted by Gasteiger charge is 2.08. The summed E-state index contributed by atoms with van der Waals surface area (Å²) >= 11 is 0. The van der Waals surface area contributed by atoms with Crippen LogP contribution in [-0.4, -0.2) is 52.7 Å². The lowest BCUT2D eigenvalue weighted by Crippen LogP contribution is -2.21. The number of ether oxygens (including phenoxy) is 2. The molecule has 0 saturated heterocycles. The molecule has 2 aromatic carbocycles. The first-order valence-corrected chi connectivity index (χ1v) is 10.3. The predicted molar refractivity (Wildman–Crippen MR) is 123 cm³/mol. The third-order valence-corrected chi connectivity index (χ3v) is 4.58. The van der Waals surface area contributed by atoms with Gasteiger partial charge in [-0.25, -0.2) is 9.59 Å². The van der Waals surface area contributed by atoms with Crippen molar-refractivity contribution in [2.24, 2.45) is 0 Å². The summed E-state index contributed by atoms with van der Waals surface area (Å²) in [5.41, 5.74) is 3.45. The third kappa shape index (κ3) is 9.40. The Balaban J connectivity index is 0.000000569. The topological polar surface area (TPSA) is 109 Å². The summed E-state index contributed by atoms with van der Waals surface area (Å²) in [5, 5.41) is 14.8. The quantitative estimate of drug-likeness (QED) is 0.475. The molecule has 0 atom stereocenters. The van der Waals surface area contributed by atoms with Crippen LogP contribution in [-0.2, 0) is 29.2 Å². The molecule has 0 amide bonds. The van der Waals surface area contributed by atoms with E-state index in [9.17, 15) is 0 Å². The number of aliphatic carboxylic acids is 2. The molecule has 0 aliphatic rings. The monoisotopic (exact) mass is 452 g/mol. The molecular formula is C25H28N2O6. The molecule has 0 unspecified atom stereocenters. The Morgan fingerprint density at radius 3 is 2.21 bits per heavy atom. The Bertz CT molecular complexity index is 1000. The van der Waals surface area contributed by atoms with Crippen molar-refractivity contribution in [3.05, 3.63) is 89.7 Å². The number of carboxylic acids is 2. The van der Waals surface area contributed by atoms with Crippen molar-refractivity contribution in [1.29, 1.82) is 0 Å². The molecule has 8 nitrogen and oxygen atoms in total. The van der Waals surface area contributed by atoms with Crippen LogP contribution in [0.2, 0.25) is 0 Å². The second-order valence-electron chi connectivity index (χ2n) is 7.18. The average molecular weight is 453 g/mol. The number of aromatic nitrogens is 1. The minimum atomic E-state index is -1.82. The van der Waals surface area contributed by atoms with Crippen molar-refractivity contribution in [1.82, 2.24) is 9.88 Å². The summed E-state index contributed by atoms with van der Waals surface area (Å²) in [5.74, 6) is -2.12. The number of carbonyl (C=O) groups is 2. The molecule has 3 rings (SSSR count). The van der Waals surface area contributed by atoms with Gasteiger partial charge in [0, 0.05) is 31.4 Å². The molecule has 8 heteroatoms. The molecule has 0 spiro atoms. The summed E-state index contributed by atoms with van der Waals surface area (Å²) in [6, 6.07) is 22.3. The number of carboxylic acid groups (broad SMARTS) is 2. The lowest BCUT2D eigenvalue weighted by molar-refractivity contribution is -0.159. The summed E-state index contributed by atoms with van der Waals surface area (Å²) in [6.45, 7) is 2.33. The Morgan fingerprint density at radius 2 is 1.61 bits per heavy atom. The number of pyridine rings is 1. The van der Waals surface area contributed by atoms with E-state index in [-0.39, 0.29) is 0 Å². The molecule has 3 aromatic rings. The van der Waals surface area contributed by atoms with Crippen LogP contribution in [0.25, 0.3) is 0 Å². The minimum absolute atomic E-state index is 0.528. The fraction of sp³-hybridized carbons (Fsp3) is 0.240. The lowest BCUT2D eigenvalue weighted by Gasteiger charge is -2.18. The predicted octanol–water partition coefficient (Wildman–Crippen LogP) is 3.50. The van der Waals surface area contributed by atoms with Gasteiger partial charge in [0.05, 0.1) is 7.11 Å². The zero-order chi connectivity index (χ0) is 24.1. The lowest BCUT2D eigenvalue weighted by atomic mass is 10.1. The van der Waals surface area contributed by atoms with Gasteiger partial charge in [-0.15, -0.1) is 0 Å². The van der Waals surface area contributed by atoms with E-state index < -0.39 is 11.9 Å². The van der Waals surface area contributed by atoms with E-state index in [4.69, 9.17) is 29.3 Å². The molecule has 1 heterocycles. The second-order valence-corrected chi connectivity index (χ2v) is 7.18. The molecule has 0 saturated carbocycles. The Kier molecular flexibility index (Phi) is 10.4. The highest BCUT2D eigenvalue weighted by Crippen LogP contribution is 2.29. The molecule has 174 valence electrons. The molecule has 1 aromatic heterocycles. The van der Waals surface area contributed by atoms with Gasteiger partial charge in [-0.05, 0) is 42.4 Å². The number of methoxy groups -OCH3 is 1. The van der Waals surface area contributed by atoms with E-state index in [0.717, 1.165) is 42.3 Å². The molecule has 0 fully saturated rings. The van der Waals surface area contributed by atoms with Gasteiger partial charge in [0.25, 0.3) is 0 Å². The highest BCUT2D eigenvalue weighted by atomic mass is 16.5.